The second kappa shape index (κ2) is 6.25. The van der Waals surface area contributed by atoms with Gasteiger partial charge in [-0.2, -0.15) is 0 Å². The Morgan fingerprint density at radius 1 is 1.53 bits per heavy atom. The Labute approximate surface area is 102 Å². The molecule has 1 amide bonds. The van der Waals surface area contributed by atoms with Crippen LogP contribution in [0.3, 0.4) is 0 Å². The summed E-state index contributed by atoms with van der Waals surface area (Å²) in [6, 6.07) is 5.27. The van der Waals surface area contributed by atoms with E-state index in [0.717, 1.165) is 5.56 Å². The van der Waals surface area contributed by atoms with Gasteiger partial charge in [-0.25, -0.2) is 0 Å². The number of rotatable bonds is 5. The highest BCUT2D eigenvalue weighted by molar-refractivity contribution is 5.96. The summed E-state index contributed by atoms with van der Waals surface area (Å²) in [5, 5.41) is 2.89. The summed E-state index contributed by atoms with van der Waals surface area (Å²) in [4.78, 5) is 11.9. The van der Waals surface area contributed by atoms with Crippen LogP contribution < -0.4 is 11.1 Å². The molecule has 1 rings (SSSR count). The third kappa shape index (κ3) is 4.07. The molecule has 4 heteroatoms. The molecule has 0 aromatic heterocycles. The molecule has 0 fully saturated rings. The van der Waals surface area contributed by atoms with Gasteiger partial charge in [-0.05, 0) is 44.5 Å². The molecule has 3 N–H and O–H groups in total. The molecule has 0 heterocycles. The summed E-state index contributed by atoms with van der Waals surface area (Å²) in [7, 11) is 0. The standard InChI is InChI=1S/C13H20N2O2/c1-4-17-8-10(3)15-13(16)12-6-5-11(14)7-9(12)2/h5-7,10H,4,8,14H2,1-3H3,(H,15,16). The van der Waals surface area contributed by atoms with E-state index in [1.807, 2.05) is 20.8 Å². The van der Waals surface area contributed by atoms with Crippen molar-refractivity contribution in [3.05, 3.63) is 29.3 Å². The number of nitrogens with two attached hydrogens (primary N) is 1. The molecule has 17 heavy (non-hydrogen) atoms. The van der Waals surface area contributed by atoms with Gasteiger partial charge in [0, 0.05) is 23.9 Å². The largest absolute Gasteiger partial charge is 0.399 e. The monoisotopic (exact) mass is 236 g/mol. The van der Waals surface area contributed by atoms with Gasteiger partial charge in [0.25, 0.3) is 5.91 Å². The van der Waals surface area contributed by atoms with Crippen molar-refractivity contribution in [1.29, 1.82) is 0 Å². The maximum Gasteiger partial charge on any atom is 0.251 e. The van der Waals surface area contributed by atoms with Gasteiger partial charge in [-0.3, -0.25) is 4.79 Å². The molecular weight excluding hydrogens is 216 g/mol. The number of anilines is 1. The molecule has 1 unspecified atom stereocenters. The van der Waals surface area contributed by atoms with Crippen LogP contribution >= 0.6 is 0 Å². The van der Waals surface area contributed by atoms with Gasteiger partial charge in [0.05, 0.1) is 6.61 Å². The van der Waals surface area contributed by atoms with E-state index in [2.05, 4.69) is 5.32 Å². The summed E-state index contributed by atoms with van der Waals surface area (Å²) in [6.07, 6.45) is 0. The van der Waals surface area contributed by atoms with Gasteiger partial charge < -0.3 is 15.8 Å². The van der Waals surface area contributed by atoms with Crippen LogP contribution in [0, 0.1) is 6.92 Å². The maximum absolute atomic E-state index is 11.9. The number of carbonyl (C=O) groups excluding carboxylic acids is 1. The average molecular weight is 236 g/mol. The molecule has 0 aliphatic rings. The molecule has 0 bridgehead atoms. The van der Waals surface area contributed by atoms with E-state index in [9.17, 15) is 4.79 Å². The number of ether oxygens (including phenoxy) is 1. The molecule has 4 nitrogen and oxygen atoms in total. The Morgan fingerprint density at radius 3 is 2.82 bits per heavy atom. The minimum Gasteiger partial charge on any atom is -0.399 e. The third-order valence-electron chi connectivity index (χ3n) is 2.44. The van der Waals surface area contributed by atoms with Crippen LogP contribution in [-0.2, 0) is 4.74 Å². The first-order valence-electron chi connectivity index (χ1n) is 5.79. The van der Waals surface area contributed by atoms with E-state index in [0.29, 0.717) is 24.5 Å². The molecule has 0 radical (unpaired) electrons. The van der Waals surface area contributed by atoms with Crippen molar-refractivity contribution in [2.75, 3.05) is 18.9 Å². The number of aryl methyl sites for hydroxylation is 1. The highest BCUT2D eigenvalue weighted by Crippen LogP contribution is 2.12. The number of nitrogens with one attached hydrogen (secondary N) is 1. The lowest BCUT2D eigenvalue weighted by Crippen LogP contribution is -2.36. The summed E-state index contributed by atoms with van der Waals surface area (Å²) in [6.45, 7) is 6.90. The minimum atomic E-state index is -0.0882. The average Bonchev–Trinajstić information content (AvgIpc) is 2.26. The van der Waals surface area contributed by atoms with Crippen LogP contribution in [0.4, 0.5) is 5.69 Å². The first-order chi connectivity index (χ1) is 8.04. The number of hydrogen-bond acceptors (Lipinski definition) is 3. The van der Waals surface area contributed by atoms with Crippen molar-refractivity contribution < 1.29 is 9.53 Å². The van der Waals surface area contributed by atoms with Crippen molar-refractivity contribution >= 4 is 11.6 Å². The van der Waals surface area contributed by atoms with E-state index in [-0.39, 0.29) is 11.9 Å². The summed E-state index contributed by atoms with van der Waals surface area (Å²) < 4.78 is 5.25. The topological polar surface area (TPSA) is 64.3 Å². The Kier molecular flexibility index (Phi) is 4.97. The fourth-order valence-electron chi connectivity index (χ4n) is 1.58. The van der Waals surface area contributed by atoms with E-state index in [1.165, 1.54) is 0 Å². The number of benzene rings is 1. The van der Waals surface area contributed by atoms with Crippen molar-refractivity contribution in [3.63, 3.8) is 0 Å². The predicted molar refractivity (Wildman–Crippen MR) is 69.0 cm³/mol. The normalized spacial score (nSPS) is 12.2. The molecule has 0 saturated heterocycles. The van der Waals surface area contributed by atoms with Gasteiger partial charge >= 0.3 is 0 Å². The van der Waals surface area contributed by atoms with Crippen LogP contribution in [0.25, 0.3) is 0 Å². The fraction of sp³-hybridized carbons (Fsp3) is 0.462. The number of amides is 1. The van der Waals surface area contributed by atoms with Gasteiger partial charge in [-0.1, -0.05) is 0 Å². The molecule has 0 aliphatic heterocycles. The van der Waals surface area contributed by atoms with Gasteiger partial charge in [0.15, 0.2) is 0 Å². The van der Waals surface area contributed by atoms with Crippen LogP contribution in [0.2, 0.25) is 0 Å². The molecule has 0 saturated carbocycles. The minimum absolute atomic E-state index is 0.000553. The molecule has 1 atom stereocenters. The van der Waals surface area contributed by atoms with Crippen LogP contribution in [-0.4, -0.2) is 25.2 Å². The molecule has 0 aliphatic carbocycles. The molecule has 1 aromatic rings. The van der Waals surface area contributed by atoms with Gasteiger partial charge in [-0.15, -0.1) is 0 Å². The summed E-state index contributed by atoms with van der Waals surface area (Å²) in [5.41, 5.74) is 7.85. The lowest BCUT2D eigenvalue weighted by atomic mass is 10.1. The van der Waals surface area contributed by atoms with E-state index >= 15 is 0 Å². The van der Waals surface area contributed by atoms with Crippen LogP contribution in [0.5, 0.6) is 0 Å². The summed E-state index contributed by atoms with van der Waals surface area (Å²) >= 11 is 0. The zero-order chi connectivity index (χ0) is 12.8. The highest BCUT2D eigenvalue weighted by atomic mass is 16.5. The predicted octanol–water partition coefficient (Wildman–Crippen LogP) is 1.73. The maximum atomic E-state index is 11.9. The number of nitrogen functional groups attached to an aromatic ring is 1. The number of carbonyl (C=O) groups is 1. The Morgan fingerprint density at radius 2 is 2.24 bits per heavy atom. The SMILES string of the molecule is CCOCC(C)NC(=O)c1ccc(N)cc1C. The first kappa shape index (κ1) is 13.5. The fourth-order valence-corrected chi connectivity index (χ4v) is 1.58. The summed E-state index contributed by atoms with van der Waals surface area (Å²) in [5.74, 6) is -0.0882. The molecule has 1 aromatic carbocycles. The van der Waals surface area contributed by atoms with Crippen molar-refractivity contribution in [3.8, 4) is 0 Å². The second-order valence-corrected chi connectivity index (χ2v) is 4.11. The second-order valence-electron chi connectivity index (χ2n) is 4.11. The first-order valence-corrected chi connectivity index (χ1v) is 5.79. The van der Waals surface area contributed by atoms with Crippen LogP contribution in [0.1, 0.15) is 29.8 Å². The Balaban J connectivity index is 2.63. The zero-order valence-corrected chi connectivity index (χ0v) is 10.6. The van der Waals surface area contributed by atoms with E-state index < -0.39 is 0 Å². The third-order valence-corrected chi connectivity index (χ3v) is 2.44. The lowest BCUT2D eigenvalue weighted by Gasteiger charge is -2.14. The number of hydrogen-bond donors (Lipinski definition) is 2. The van der Waals surface area contributed by atoms with Crippen LogP contribution in [0.15, 0.2) is 18.2 Å². The van der Waals surface area contributed by atoms with Crippen molar-refractivity contribution in [1.82, 2.24) is 5.32 Å². The quantitative estimate of drug-likeness (QED) is 0.765. The van der Waals surface area contributed by atoms with Crippen molar-refractivity contribution in [2.45, 2.75) is 26.8 Å². The Bertz CT molecular complexity index is 391. The molecular formula is C13H20N2O2. The van der Waals surface area contributed by atoms with E-state index in [1.54, 1.807) is 18.2 Å². The molecule has 94 valence electrons. The van der Waals surface area contributed by atoms with Gasteiger partial charge in [0.1, 0.15) is 0 Å². The Hall–Kier alpha value is -1.55. The van der Waals surface area contributed by atoms with Crippen molar-refractivity contribution in [2.24, 2.45) is 0 Å². The highest BCUT2D eigenvalue weighted by Gasteiger charge is 2.11. The lowest BCUT2D eigenvalue weighted by molar-refractivity contribution is 0.0871. The molecule has 0 spiro atoms. The smallest absolute Gasteiger partial charge is 0.251 e. The van der Waals surface area contributed by atoms with E-state index in [4.69, 9.17) is 10.5 Å². The van der Waals surface area contributed by atoms with Gasteiger partial charge in [0.2, 0.25) is 0 Å². The zero-order valence-electron chi connectivity index (χ0n) is 10.6.